The standard InChI is InChI=1S/C17H18N2O3S/c1-12-3-5-13(6-4-12)11-23(21,22)18-15-7-8-16-14(9-15)10-17(20)19(16)2/h3-9,18H,10-11H2,1-2H3. The molecule has 0 aliphatic carbocycles. The molecule has 0 spiro atoms. The smallest absolute Gasteiger partial charge is 0.236 e. The Morgan fingerprint density at radius 1 is 1.13 bits per heavy atom. The summed E-state index contributed by atoms with van der Waals surface area (Å²) in [5.41, 5.74) is 3.98. The summed E-state index contributed by atoms with van der Waals surface area (Å²) in [6, 6.07) is 12.6. The van der Waals surface area contributed by atoms with Gasteiger partial charge in [-0.15, -0.1) is 0 Å². The molecular weight excluding hydrogens is 312 g/mol. The minimum Gasteiger partial charge on any atom is -0.315 e. The molecule has 0 unspecified atom stereocenters. The molecule has 0 radical (unpaired) electrons. The van der Waals surface area contributed by atoms with Crippen molar-refractivity contribution in [3.05, 3.63) is 59.2 Å². The van der Waals surface area contributed by atoms with Gasteiger partial charge in [-0.25, -0.2) is 8.42 Å². The lowest BCUT2D eigenvalue weighted by Gasteiger charge is -2.12. The van der Waals surface area contributed by atoms with Crippen molar-refractivity contribution in [1.29, 1.82) is 0 Å². The monoisotopic (exact) mass is 330 g/mol. The Hall–Kier alpha value is -2.34. The molecule has 0 saturated heterocycles. The Morgan fingerprint density at radius 2 is 1.83 bits per heavy atom. The number of anilines is 2. The van der Waals surface area contributed by atoms with E-state index in [0.717, 1.165) is 22.4 Å². The average Bonchev–Trinajstić information content (AvgIpc) is 2.75. The minimum absolute atomic E-state index is 0.0136. The van der Waals surface area contributed by atoms with E-state index in [1.807, 2.05) is 31.2 Å². The predicted molar refractivity (Wildman–Crippen MR) is 91.0 cm³/mol. The summed E-state index contributed by atoms with van der Waals surface area (Å²) in [6.45, 7) is 1.96. The first kappa shape index (κ1) is 15.6. The van der Waals surface area contributed by atoms with E-state index in [9.17, 15) is 13.2 Å². The van der Waals surface area contributed by atoms with Gasteiger partial charge in [0.2, 0.25) is 15.9 Å². The van der Waals surface area contributed by atoms with E-state index in [2.05, 4.69) is 4.72 Å². The number of hydrogen-bond donors (Lipinski definition) is 1. The second-order valence-electron chi connectivity index (χ2n) is 5.82. The van der Waals surface area contributed by atoms with Gasteiger partial charge in [0, 0.05) is 18.4 Å². The van der Waals surface area contributed by atoms with Crippen molar-refractivity contribution in [1.82, 2.24) is 0 Å². The third kappa shape index (κ3) is 3.37. The Balaban J connectivity index is 1.77. The van der Waals surface area contributed by atoms with Crippen LogP contribution in [0.4, 0.5) is 11.4 Å². The van der Waals surface area contributed by atoms with E-state index in [-0.39, 0.29) is 11.7 Å². The molecule has 0 aromatic heterocycles. The summed E-state index contributed by atoms with van der Waals surface area (Å²) in [7, 11) is -1.78. The molecule has 1 heterocycles. The number of sulfonamides is 1. The number of nitrogens with one attached hydrogen (secondary N) is 1. The van der Waals surface area contributed by atoms with Crippen LogP contribution in [0.2, 0.25) is 0 Å². The largest absolute Gasteiger partial charge is 0.315 e. The third-order valence-corrected chi connectivity index (χ3v) is 5.17. The molecule has 5 nitrogen and oxygen atoms in total. The van der Waals surface area contributed by atoms with E-state index in [4.69, 9.17) is 0 Å². The normalized spacial score (nSPS) is 14.0. The molecule has 3 rings (SSSR count). The van der Waals surface area contributed by atoms with Crippen LogP contribution >= 0.6 is 0 Å². The molecule has 1 aliphatic rings. The van der Waals surface area contributed by atoms with Crippen LogP contribution in [-0.2, 0) is 27.0 Å². The number of nitrogens with zero attached hydrogens (tertiary/aromatic N) is 1. The van der Waals surface area contributed by atoms with Gasteiger partial charge in [0.25, 0.3) is 0 Å². The Morgan fingerprint density at radius 3 is 2.52 bits per heavy atom. The Kier molecular flexibility index (Phi) is 3.85. The fourth-order valence-corrected chi connectivity index (χ4v) is 3.84. The fraction of sp³-hybridized carbons (Fsp3) is 0.235. The molecule has 1 N–H and O–H groups in total. The average molecular weight is 330 g/mol. The lowest BCUT2D eigenvalue weighted by atomic mass is 10.1. The lowest BCUT2D eigenvalue weighted by Crippen LogP contribution is -2.20. The summed E-state index contributed by atoms with van der Waals surface area (Å²) in [5.74, 6) is -0.0666. The highest BCUT2D eigenvalue weighted by Gasteiger charge is 2.24. The summed E-state index contributed by atoms with van der Waals surface area (Å²) in [5, 5.41) is 0. The number of carbonyl (C=O) groups excluding carboxylic acids is 1. The van der Waals surface area contributed by atoms with Gasteiger partial charge >= 0.3 is 0 Å². The first-order valence-electron chi connectivity index (χ1n) is 7.29. The van der Waals surface area contributed by atoms with Crippen LogP contribution in [0.15, 0.2) is 42.5 Å². The van der Waals surface area contributed by atoms with Gasteiger partial charge < -0.3 is 4.90 Å². The van der Waals surface area contributed by atoms with E-state index >= 15 is 0 Å². The van der Waals surface area contributed by atoms with Crippen LogP contribution in [0, 0.1) is 6.92 Å². The summed E-state index contributed by atoms with van der Waals surface area (Å²) in [6.07, 6.45) is 0.305. The van der Waals surface area contributed by atoms with Crippen molar-refractivity contribution in [2.75, 3.05) is 16.7 Å². The maximum atomic E-state index is 12.3. The number of fused-ring (bicyclic) bond motifs is 1. The quantitative estimate of drug-likeness (QED) is 0.936. The fourth-order valence-electron chi connectivity index (χ4n) is 2.65. The lowest BCUT2D eigenvalue weighted by molar-refractivity contribution is -0.117. The summed E-state index contributed by atoms with van der Waals surface area (Å²) >= 11 is 0. The number of aryl methyl sites for hydroxylation is 1. The van der Waals surface area contributed by atoms with E-state index in [1.54, 1.807) is 30.1 Å². The maximum absolute atomic E-state index is 12.3. The maximum Gasteiger partial charge on any atom is 0.236 e. The molecule has 2 aromatic carbocycles. The molecule has 23 heavy (non-hydrogen) atoms. The van der Waals surface area contributed by atoms with Crippen molar-refractivity contribution in [2.24, 2.45) is 0 Å². The van der Waals surface area contributed by atoms with Crippen LogP contribution in [0.5, 0.6) is 0 Å². The Bertz CT molecular complexity index is 858. The molecule has 0 bridgehead atoms. The zero-order chi connectivity index (χ0) is 16.6. The van der Waals surface area contributed by atoms with Crippen molar-refractivity contribution in [2.45, 2.75) is 19.1 Å². The van der Waals surface area contributed by atoms with Crippen molar-refractivity contribution >= 4 is 27.3 Å². The number of amides is 1. The van der Waals surface area contributed by atoms with Crippen LogP contribution in [-0.4, -0.2) is 21.4 Å². The highest BCUT2D eigenvalue weighted by Crippen LogP contribution is 2.30. The number of rotatable bonds is 4. The molecule has 0 fully saturated rings. The highest BCUT2D eigenvalue weighted by atomic mass is 32.2. The van der Waals surface area contributed by atoms with Crippen LogP contribution in [0.25, 0.3) is 0 Å². The van der Waals surface area contributed by atoms with Crippen LogP contribution in [0.1, 0.15) is 16.7 Å². The van der Waals surface area contributed by atoms with Gasteiger partial charge in [-0.1, -0.05) is 29.8 Å². The summed E-state index contributed by atoms with van der Waals surface area (Å²) in [4.78, 5) is 13.3. The molecule has 2 aromatic rings. The van der Waals surface area contributed by atoms with E-state index in [0.29, 0.717) is 12.1 Å². The van der Waals surface area contributed by atoms with Gasteiger partial charge in [0.05, 0.1) is 12.2 Å². The second kappa shape index (κ2) is 5.70. The molecule has 0 saturated carbocycles. The number of benzene rings is 2. The molecule has 1 amide bonds. The topological polar surface area (TPSA) is 66.5 Å². The number of hydrogen-bond acceptors (Lipinski definition) is 3. The second-order valence-corrected chi connectivity index (χ2v) is 7.54. The molecule has 120 valence electrons. The van der Waals surface area contributed by atoms with Crippen molar-refractivity contribution in [3.63, 3.8) is 0 Å². The SMILES string of the molecule is Cc1ccc(CS(=O)(=O)Nc2ccc3c(c2)CC(=O)N3C)cc1. The van der Waals surface area contributed by atoms with E-state index < -0.39 is 10.0 Å². The van der Waals surface area contributed by atoms with Gasteiger partial charge in [-0.2, -0.15) is 0 Å². The van der Waals surface area contributed by atoms with Gasteiger partial charge in [-0.05, 0) is 36.2 Å². The van der Waals surface area contributed by atoms with Crippen LogP contribution < -0.4 is 9.62 Å². The number of carbonyl (C=O) groups is 1. The predicted octanol–water partition coefficient (Wildman–Crippen LogP) is 2.46. The first-order valence-corrected chi connectivity index (χ1v) is 8.95. The molecular formula is C17H18N2O3S. The zero-order valence-corrected chi connectivity index (χ0v) is 13.9. The molecule has 1 aliphatic heterocycles. The van der Waals surface area contributed by atoms with E-state index in [1.165, 1.54) is 0 Å². The molecule has 0 atom stereocenters. The van der Waals surface area contributed by atoms with Gasteiger partial charge in [0.1, 0.15) is 0 Å². The molecule has 6 heteroatoms. The van der Waals surface area contributed by atoms with Crippen LogP contribution in [0.3, 0.4) is 0 Å². The third-order valence-electron chi connectivity index (χ3n) is 3.91. The highest BCUT2D eigenvalue weighted by molar-refractivity contribution is 7.91. The Labute approximate surface area is 136 Å². The van der Waals surface area contributed by atoms with Gasteiger partial charge in [-0.3, -0.25) is 9.52 Å². The van der Waals surface area contributed by atoms with Crippen molar-refractivity contribution < 1.29 is 13.2 Å². The first-order chi connectivity index (χ1) is 10.8. The van der Waals surface area contributed by atoms with Gasteiger partial charge in [0.15, 0.2) is 0 Å². The zero-order valence-electron chi connectivity index (χ0n) is 13.0. The summed E-state index contributed by atoms with van der Waals surface area (Å²) < 4.78 is 27.2. The minimum atomic E-state index is -3.49. The number of likely N-dealkylation sites (N-methyl/N-ethyl adjacent to an activating group) is 1. The van der Waals surface area contributed by atoms with Crippen molar-refractivity contribution in [3.8, 4) is 0 Å².